The number of aryl methyl sites for hydroxylation is 1. The number of fused-ring (bicyclic) bond motifs is 1. The van der Waals surface area contributed by atoms with Crippen molar-refractivity contribution in [2.75, 3.05) is 29.1 Å². The Morgan fingerprint density at radius 1 is 1.28 bits per heavy atom. The fourth-order valence-corrected chi connectivity index (χ4v) is 5.78. The molecule has 4 heterocycles. The molecule has 0 amide bonds. The molecular formula is C23H26N6O2S. The fraction of sp³-hybridized carbons (Fsp3) is 0.478. The number of rotatable bonds is 5. The predicted octanol–water partition coefficient (Wildman–Crippen LogP) is 1.92. The van der Waals surface area contributed by atoms with Gasteiger partial charge in [0.15, 0.2) is 5.82 Å². The standard InChI is InChI=1S/C23H26N6O2S/c1-3-16-13-24-20(25-14-16)17-5-10-29(11-6-17)22-26-18-7-12-32(31)19(18)21(27-22)28-23(15(2)30)8-4-9-23/h1,5,13-15,30H,4,6-12H2,2H3,(H,26,27,28)/t15-,32-/m1/s1. The smallest absolute Gasteiger partial charge is 0.227 e. The summed E-state index contributed by atoms with van der Waals surface area (Å²) in [6.07, 6.45) is 14.5. The number of hydrogen-bond donors (Lipinski definition) is 2. The number of nitrogens with one attached hydrogen (secondary N) is 1. The van der Waals surface area contributed by atoms with E-state index in [1.807, 2.05) is 0 Å². The predicted molar refractivity (Wildman–Crippen MR) is 124 cm³/mol. The van der Waals surface area contributed by atoms with Crippen molar-refractivity contribution < 1.29 is 9.32 Å². The fourth-order valence-electron chi connectivity index (χ4n) is 4.47. The Kier molecular flexibility index (Phi) is 5.43. The van der Waals surface area contributed by atoms with Gasteiger partial charge in [0.05, 0.1) is 33.7 Å². The normalized spacial score (nSPS) is 22.3. The van der Waals surface area contributed by atoms with Gasteiger partial charge in [-0.15, -0.1) is 6.42 Å². The first-order chi connectivity index (χ1) is 15.5. The Morgan fingerprint density at radius 2 is 2.06 bits per heavy atom. The molecule has 0 bridgehead atoms. The van der Waals surface area contributed by atoms with Crippen molar-refractivity contribution in [3.05, 3.63) is 35.6 Å². The lowest BCUT2D eigenvalue weighted by atomic mass is 9.73. The number of anilines is 2. The van der Waals surface area contributed by atoms with Crippen molar-refractivity contribution in [2.24, 2.45) is 0 Å². The zero-order valence-corrected chi connectivity index (χ0v) is 18.9. The van der Waals surface area contributed by atoms with Crippen molar-refractivity contribution in [3.8, 4) is 12.3 Å². The molecule has 2 atom stereocenters. The molecule has 1 fully saturated rings. The monoisotopic (exact) mass is 450 g/mol. The SMILES string of the molecule is C#Cc1cnc(C2=CCN(c3nc4c(c(NC5([C@@H](C)O)CCC5)n3)[S@](=O)CC4)CC2)nc1. The summed E-state index contributed by atoms with van der Waals surface area (Å²) < 4.78 is 12.7. The second-order valence-corrected chi connectivity index (χ2v) is 10.1. The summed E-state index contributed by atoms with van der Waals surface area (Å²) in [5.41, 5.74) is 2.19. The second-order valence-electron chi connectivity index (χ2n) is 8.62. The van der Waals surface area contributed by atoms with E-state index in [0.717, 1.165) is 43.5 Å². The van der Waals surface area contributed by atoms with Gasteiger partial charge < -0.3 is 15.3 Å². The number of aliphatic hydroxyl groups is 1. The van der Waals surface area contributed by atoms with Crippen LogP contribution >= 0.6 is 0 Å². The Balaban J connectivity index is 1.41. The van der Waals surface area contributed by atoms with Crippen LogP contribution in [0.15, 0.2) is 23.4 Å². The molecule has 0 spiro atoms. The molecule has 5 rings (SSSR count). The van der Waals surface area contributed by atoms with E-state index in [1.165, 1.54) is 0 Å². The van der Waals surface area contributed by atoms with Crippen LogP contribution in [-0.4, -0.2) is 59.7 Å². The van der Waals surface area contributed by atoms with Gasteiger partial charge in [-0.05, 0) is 38.2 Å². The third-order valence-electron chi connectivity index (χ3n) is 6.69. The molecule has 3 aliphatic rings. The van der Waals surface area contributed by atoms with E-state index in [9.17, 15) is 9.32 Å². The summed E-state index contributed by atoms with van der Waals surface area (Å²) in [5.74, 6) is 5.04. The van der Waals surface area contributed by atoms with Gasteiger partial charge >= 0.3 is 0 Å². The van der Waals surface area contributed by atoms with Gasteiger partial charge in [-0.3, -0.25) is 4.21 Å². The molecule has 2 aliphatic heterocycles. The molecule has 0 unspecified atom stereocenters. The summed E-state index contributed by atoms with van der Waals surface area (Å²) in [7, 11) is -1.11. The van der Waals surface area contributed by atoms with Crippen LogP contribution in [0.3, 0.4) is 0 Å². The quantitative estimate of drug-likeness (QED) is 0.666. The third kappa shape index (κ3) is 3.67. The summed E-state index contributed by atoms with van der Waals surface area (Å²) in [6, 6.07) is 0. The minimum atomic E-state index is -1.11. The van der Waals surface area contributed by atoms with Crippen molar-refractivity contribution in [1.82, 2.24) is 19.9 Å². The molecule has 8 nitrogen and oxygen atoms in total. The van der Waals surface area contributed by atoms with E-state index in [1.54, 1.807) is 19.3 Å². The molecule has 9 heteroatoms. The molecular weight excluding hydrogens is 424 g/mol. The number of aliphatic hydroxyl groups excluding tert-OH is 1. The summed E-state index contributed by atoms with van der Waals surface area (Å²) in [6.45, 7) is 3.17. The maximum absolute atomic E-state index is 12.7. The zero-order chi connectivity index (χ0) is 22.3. The lowest BCUT2D eigenvalue weighted by Crippen LogP contribution is -2.53. The highest BCUT2D eigenvalue weighted by Gasteiger charge is 2.43. The highest BCUT2D eigenvalue weighted by Crippen LogP contribution is 2.40. The number of aromatic nitrogens is 4. The zero-order valence-electron chi connectivity index (χ0n) is 18.0. The van der Waals surface area contributed by atoms with Crippen molar-refractivity contribution in [3.63, 3.8) is 0 Å². The van der Waals surface area contributed by atoms with Gasteiger partial charge in [-0.1, -0.05) is 12.0 Å². The van der Waals surface area contributed by atoms with Crippen LogP contribution < -0.4 is 10.2 Å². The highest BCUT2D eigenvalue weighted by molar-refractivity contribution is 7.85. The van der Waals surface area contributed by atoms with Crippen LogP contribution in [0.2, 0.25) is 0 Å². The van der Waals surface area contributed by atoms with Crippen LogP contribution in [0.25, 0.3) is 5.57 Å². The average Bonchev–Trinajstić information content (AvgIpc) is 3.17. The van der Waals surface area contributed by atoms with E-state index in [0.29, 0.717) is 46.8 Å². The maximum Gasteiger partial charge on any atom is 0.227 e. The first-order valence-electron chi connectivity index (χ1n) is 11.0. The average molecular weight is 451 g/mol. The number of terminal acetylenes is 1. The maximum atomic E-state index is 12.7. The Bertz CT molecular complexity index is 1130. The molecule has 0 radical (unpaired) electrons. The summed E-state index contributed by atoms with van der Waals surface area (Å²) >= 11 is 0. The molecule has 32 heavy (non-hydrogen) atoms. The Hall–Kier alpha value is -2.83. The molecule has 0 aromatic carbocycles. The first kappa shape index (κ1) is 21.0. The van der Waals surface area contributed by atoms with Gasteiger partial charge in [0.1, 0.15) is 10.7 Å². The van der Waals surface area contributed by atoms with Gasteiger partial charge in [-0.25, -0.2) is 15.0 Å². The van der Waals surface area contributed by atoms with Crippen LogP contribution in [-0.2, 0) is 17.2 Å². The molecule has 1 aliphatic carbocycles. The minimum Gasteiger partial charge on any atom is -0.391 e. The van der Waals surface area contributed by atoms with Gasteiger partial charge in [0.2, 0.25) is 5.95 Å². The Labute approximate surface area is 190 Å². The lowest BCUT2D eigenvalue weighted by Gasteiger charge is -2.45. The number of hydrogen-bond acceptors (Lipinski definition) is 8. The topological polar surface area (TPSA) is 104 Å². The van der Waals surface area contributed by atoms with E-state index in [4.69, 9.17) is 16.4 Å². The molecule has 1 saturated carbocycles. The van der Waals surface area contributed by atoms with E-state index < -0.39 is 22.4 Å². The summed E-state index contributed by atoms with van der Waals surface area (Å²) in [5, 5.41) is 13.8. The van der Waals surface area contributed by atoms with Gasteiger partial charge in [-0.2, -0.15) is 4.98 Å². The van der Waals surface area contributed by atoms with Gasteiger partial charge in [0.25, 0.3) is 0 Å². The largest absolute Gasteiger partial charge is 0.391 e. The second kappa shape index (κ2) is 8.26. The van der Waals surface area contributed by atoms with Crippen molar-refractivity contribution in [2.45, 2.75) is 55.6 Å². The summed E-state index contributed by atoms with van der Waals surface area (Å²) in [4.78, 5) is 21.1. The van der Waals surface area contributed by atoms with E-state index in [-0.39, 0.29) is 0 Å². The number of nitrogens with zero attached hydrogens (tertiary/aromatic N) is 5. The van der Waals surface area contributed by atoms with E-state index >= 15 is 0 Å². The highest BCUT2D eigenvalue weighted by atomic mass is 32.2. The van der Waals surface area contributed by atoms with Crippen molar-refractivity contribution in [1.29, 1.82) is 0 Å². The van der Waals surface area contributed by atoms with Crippen LogP contribution in [0.1, 0.15) is 49.7 Å². The van der Waals surface area contributed by atoms with Crippen molar-refractivity contribution >= 4 is 28.1 Å². The van der Waals surface area contributed by atoms with Crippen LogP contribution in [0.5, 0.6) is 0 Å². The molecule has 166 valence electrons. The molecule has 2 aromatic rings. The molecule has 2 N–H and O–H groups in total. The Morgan fingerprint density at radius 3 is 2.66 bits per heavy atom. The molecule has 2 aromatic heterocycles. The molecule has 0 saturated heterocycles. The van der Waals surface area contributed by atoms with E-state index in [2.05, 4.69) is 32.2 Å². The van der Waals surface area contributed by atoms with Gasteiger partial charge in [0, 0.05) is 37.7 Å². The van der Waals surface area contributed by atoms with Crippen LogP contribution in [0, 0.1) is 12.3 Å². The first-order valence-corrected chi connectivity index (χ1v) is 12.3. The van der Waals surface area contributed by atoms with Crippen LogP contribution in [0.4, 0.5) is 11.8 Å². The lowest BCUT2D eigenvalue weighted by molar-refractivity contribution is 0.0631. The minimum absolute atomic E-state index is 0.400. The third-order valence-corrected chi connectivity index (χ3v) is 8.15.